The summed E-state index contributed by atoms with van der Waals surface area (Å²) < 4.78 is 34.2. The summed E-state index contributed by atoms with van der Waals surface area (Å²) in [6.07, 6.45) is -0.239. The number of nitrogens with zero attached hydrogens (tertiary/aromatic N) is 2. The zero-order valence-electron chi connectivity index (χ0n) is 20.8. The van der Waals surface area contributed by atoms with Gasteiger partial charge in [-0.25, -0.2) is 13.3 Å². The van der Waals surface area contributed by atoms with Crippen LogP contribution in [0.2, 0.25) is 0 Å². The molecular formula is C28H30N2O5S. The third-order valence-electron chi connectivity index (χ3n) is 6.55. The highest BCUT2D eigenvalue weighted by atomic mass is 32.2. The highest BCUT2D eigenvalue weighted by Gasteiger charge is 2.48. The molecule has 1 aliphatic rings. The van der Waals surface area contributed by atoms with E-state index in [0.29, 0.717) is 17.4 Å². The highest BCUT2D eigenvalue weighted by Crippen LogP contribution is 2.36. The van der Waals surface area contributed by atoms with Crippen LogP contribution in [0.3, 0.4) is 0 Å². The van der Waals surface area contributed by atoms with Crippen molar-refractivity contribution in [2.24, 2.45) is 0 Å². The van der Waals surface area contributed by atoms with Crippen molar-refractivity contribution < 1.29 is 22.7 Å². The van der Waals surface area contributed by atoms with Crippen molar-refractivity contribution in [3.8, 4) is 5.75 Å². The van der Waals surface area contributed by atoms with Gasteiger partial charge in [0.1, 0.15) is 11.8 Å². The van der Waals surface area contributed by atoms with Crippen molar-refractivity contribution in [3.63, 3.8) is 0 Å². The molecule has 2 atom stereocenters. The molecule has 2 unspecified atom stereocenters. The van der Waals surface area contributed by atoms with Gasteiger partial charge in [-0.1, -0.05) is 56.3 Å². The number of hydrogen-bond acceptors (Lipinski definition) is 5. The molecule has 1 heterocycles. The summed E-state index contributed by atoms with van der Waals surface area (Å²) in [5, 5.41) is 0. The van der Waals surface area contributed by atoms with Crippen LogP contribution in [0.15, 0.2) is 83.8 Å². The number of ether oxygens (including phenoxy) is 1. The fraction of sp³-hybridized carbons (Fsp3) is 0.286. The number of imide groups is 1. The molecule has 3 aromatic rings. The minimum atomic E-state index is -4.16. The number of amides is 2. The number of sulfonamides is 1. The van der Waals surface area contributed by atoms with Crippen molar-refractivity contribution in [1.29, 1.82) is 0 Å². The fourth-order valence-electron chi connectivity index (χ4n) is 4.49. The Balaban J connectivity index is 1.76. The molecule has 188 valence electrons. The molecule has 1 saturated heterocycles. The third-order valence-corrected chi connectivity index (χ3v) is 8.54. The maximum Gasteiger partial charge on any atom is 0.252 e. The van der Waals surface area contributed by atoms with Gasteiger partial charge in [-0.2, -0.15) is 4.31 Å². The van der Waals surface area contributed by atoms with Gasteiger partial charge in [0, 0.05) is 6.04 Å². The van der Waals surface area contributed by atoms with E-state index in [4.69, 9.17) is 4.74 Å². The predicted molar refractivity (Wildman–Crippen MR) is 138 cm³/mol. The minimum absolute atomic E-state index is 0.0195. The summed E-state index contributed by atoms with van der Waals surface area (Å²) in [6.45, 7) is 5.85. The molecule has 0 spiro atoms. The van der Waals surface area contributed by atoms with Gasteiger partial charge in [0.05, 0.1) is 24.1 Å². The van der Waals surface area contributed by atoms with Crippen LogP contribution in [0.4, 0.5) is 5.69 Å². The molecular weight excluding hydrogens is 476 g/mol. The predicted octanol–water partition coefficient (Wildman–Crippen LogP) is 4.90. The van der Waals surface area contributed by atoms with Crippen LogP contribution in [0, 0.1) is 0 Å². The summed E-state index contributed by atoms with van der Waals surface area (Å²) in [6, 6.07) is 20.5. The van der Waals surface area contributed by atoms with Gasteiger partial charge >= 0.3 is 0 Å². The molecule has 0 N–H and O–H groups in total. The average Bonchev–Trinajstić information content (AvgIpc) is 3.17. The molecule has 36 heavy (non-hydrogen) atoms. The van der Waals surface area contributed by atoms with E-state index in [1.165, 1.54) is 23.5 Å². The van der Waals surface area contributed by atoms with Crippen LogP contribution in [-0.2, 0) is 19.6 Å². The zero-order valence-corrected chi connectivity index (χ0v) is 21.6. The Hall–Kier alpha value is -3.49. The lowest BCUT2D eigenvalue weighted by Crippen LogP contribution is -2.46. The lowest BCUT2D eigenvalue weighted by Gasteiger charge is -2.32. The van der Waals surface area contributed by atoms with Gasteiger partial charge in [-0.15, -0.1) is 0 Å². The van der Waals surface area contributed by atoms with Crippen molar-refractivity contribution in [2.75, 3.05) is 12.0 Å². The van der Waals surface area contributed by atoms with Gasteiger partial charge in [0.25, 0.3) is 5.91 Å². The Bertz CT molecular complexity index is 1340. The molecule has 2 amide bonds. The Kier molecular flexibility index (Phi) is 7.28. The average molecular weight is 507 g/mol. The normalized spacial score (nSPS) is 17.2. The molecule has 0 bridgehead atoms. The summed E-state index contributed by atoms with van der Waals surface area (Å²) in [7, 11) is -2.66. The summed E-state index contributed by atoms with van der Waals surface area (Å²) in [4.78, 5) is 27.9. The first kappa shape index (κ1) is 25.6. The van der Waals surface area contributed by atoms with Crippen LogP contribution < -0.4 is 9.64 Å². The molecule has 0 aliphatic carbocycles. The van der Waals surface area contributed by atoms with Crippen molar-refractivity contribution in [2.45, 2.75) is 50.1 Å². The Morgan fingerprint density at radius 1 is 0.861 bits per heavy atom. The Morgan fingerprint density at radius 2 is 1.47 bits per heavy atom. The van der Waals surface area contributed by atoms with Gasteiger partial charge in [-0.05, 0) is 60.4 Å². The molecule has 8 heteroatoms. The molecule has 1 aliphatic heterocycles. The number of benzene rings is 3. The molecule has 0 aromatic heterocycles. The van der Waals surface area contributed by atoms with Crippen molar-refractivity contribution >= 4 is 27.5 Å². The molecule has 3 aromatic carbocycles. The van der Waals surface area contributed by atoms with E-state index in [0.717, 1.165) is 16.0 Å². The van der Waals surface area contributed by atoms with Crippen molar-refractivity contribution in [1.82, 2.24) is 4.31 Å². The minimum Gasteiger partial charge on any atom is -0.497 e. The quantitative estimate of drug-likeness (QED) is 0.406. The third kappa shape index (κ3) is 4.79. The van der Waals surface area contributed by atoms with E-state index in [1.54, 1.807) is 31.2 Å². The molecule has 4 rings (SSSR count). The first-order valence-corrected chi connectivity index (χ1v) is 13.3. The van der Waals surface area contributed by atoms with Gasteiger partial charge in [-0.3, -0.25) is 9.59 Å². The van der Waals surface area contributed by atoms with E-state index in [2.05, 4.69) is 13.8 Å². The van der Waals surface area contributed by atoms with Crippen LogP contribution >= 0.6 is 0 Å². The van der Waals surface area contributed by atoms with Crippen LogP contribution in [0.1, 0.15) is 50.3 Å². The Morgan fingerprint density at radius 3 is 2.03 bits per heavy atom. The first-order chi connectivity index (χ1) is 17.1. The fourth-order valence-corrected chi connectivity index (χ4v) is 6.25. The second kappa shape index (κ2) is 10.2. The van der Waals surface area contributed by atoms with Gasteiger partial charge in [0.15, 0.2) is 0 Å². The number of carbonyl (C=O) groups is 2. The second-order valence-electron chi connectivity index (χ2n) is 9.13. The van der Waals surface area contributed by atoms with Gasteiger partial charge in [0.2, 0.25) is 15.9 Å². The van der Waals surface area contributed by atoms with E-state index >= 15 is 0 Å². The molecule has 0 saturated carbocycles. The first-order valence-electron chi connectivity index (χ1n) is 11.8. The lowest BCUT2D eigenvalue weighted by atomic mass is 10.0. The van der Waals surface area contributed by atoms with Crippen LogP contribution in [0.25, 0.3) is 0 Å². The lowest BCUT2D eigenvalue weighted by molar-refractivity contribution is -0.122. The van der Waals surface area contributed by atoms with Crippen molar-refractivity contribution in [3.05, 3.63) is 90.0 Å². The Labute approximate surface area is 212 Å². The standard InChI is InChI=1S/C28H30N2O5S/c1-19(2)21-10-12-23(13-11-21)29-27(31)18-26(28(29)32)30(20(3)22-8-6-5-7-9-22)36(33,34)25-16-14-24(35-4)15-17-25/h5-17,19-20,26H,18H2,1-4H3. The molecule has 0 radical (unpaired) electrons. The SMILES string of the molecule is COc1ccc(S(=O)(=O)N(C2CC(=O)N(c3ccc(C(C)C)cc3)C2=O)C(C)c2ccccc2)cc1. The largest absolute Gasteiger partial charge is 0.497 e. The monoisotopic (exact) mass is 506 g/mol. The number of rotatable bonds is 8. The maximum atomic E-state index is 14.0. The smallest absolute Gasteiger partial charge is 0.252 e. The van der Waals surface area contributed by atoms with Gasteiger partial charge < -0.3 is 4.74 Å². The summed E-state index contributed by atoms with van der Waals surface area (Å²) in [5.74, 6) is -0.178. The number of hydrogen-bond donors (Lipinski definition) is 0. The molecule has 7 nitrogen and oxygen atoms in total. The van der Waals surface area contributed by atoms with Crippen LogP contribution in [-0.4, -0.2) is 37.7 Å². The van der Waals surface area contributed by atoms with Crippen LogP contribution in [0.5, 0.6) is 5.75 Å². The summed E-state index contributed by atoms with van der Waals surface area (Å²) >= 11 is 0. The maximum absolute atomic E-state index is 14.0. The molecule has 1 fully saturated rings. The number of anilines is 1. The summed E-state index contributed by atoms with van der Waals surface area (Å²) in [5.41, 5.74) is 2.23. The second-order valence-corrected chi connectivity index (χ2v) is 11.0. The highest BCUT2D eigenvalue weighted by molar-refractivity contribution is 7.89. The van der Waals surface area contributed by atoms with E-state index < -0.39 is 33.9 Å². The number of carbonyl (C=O) groups excluding carboxylic acids is 2. The zero-order chi connectivity index (χ0) is 26.0. The van der Waals surface area contributed by atoms with E-state index in [-0.39, 0.29) is 11.3 Å². The van der Waals surface area contributed by atoms with E-state index in [9.17, 15) is 18.0 Å². The van der Waals surface area contributed by atoms with E-state index in [1.807, 2.05) is 42.5 Å². The topological polar surface area (TPSA) is 84.0 Å². The number of methoxy groups -OCH3 is 1.